The predicted molar refractivity (Wildman–Crippen MR) is 97.6 cm³/mol. The van der Waals surface area contributed by atoms with E-state index < -0.39 is 0 Å². The number of carbonyl (C=O) groups excluding carboxylic acids is 1. The lowest BCUT2D eigenvalue weighted by Gasteiger charge is -2.33. The van der Waals surface area contributed by atoms with Gasteiger partial charge in [0.25, 0.3) is 0 Å². The van der Waals surface area contributed by atoms with Gasteiger partial charge in [0.15, 0.2) is 5.11 Å². The van der Waals surface area contributed by atoms with Crippen molar-refractivity contribution in [1.82, 2.24) is 10.2 Å². The molecule has 1 saturated heterocycles. The molecule has 1 atom stereocenters. The van der Waals surface area contributed by atoms with Gasteiger partial charge in [0.1, 0.15) is 5.25 Å². The number of esters is 1. The van der Waals surface area contributed by atoms with E-state index in [2.05, 4.69) is 22.3 Å². The fourth-order valence-corrected chi connectivity index (χ4v) is 4.25. The first-order valence-corrected chi connectivity index (χ1v) is 9.55. The zero-order valence-electron chi connectivity index (χ0n) is 12.5. The molecule has 7 heteroatoms. The van der Waals surface area contributed by atoms with Crippen LogP contribution in [-0.4, -0.2) is 59.5 Å². The van der Waals surface area contributed by atoms with E-state index in [0.29, 0.717) is 6.54 Å². The number of nitrogens with zero attached hydrogens (tertiary/aromatic N) is 1. The molecule has 1 aromatic carbocycles. The van der Waals surface area contributed by atoms with Crippen molar-refractivity contribution in [3.63, 3.8) is 0 Å². The second kappa shape index (κ2) is 9.27. The molecule has 1 aliphatic rings. The number of hydrogen-bond donors (Lipinski definition) is 1. The predicted octanol–water partition coefficient (Wildman–Crippen LogP) is 2.24. The van der Waals surface area contributed by atoms with Gasteiger partial charge in [-0.05, 0) is 24.4 Å². The molecule has 0 radical (unpaired) electrons. The van der Waals surface area contributed by atoms with Crippen molar-refractivity contribution in [2.45, 2.75) is 10.1 Å². The molecule has 0 bridgehead atoms. The summed E-state index contributed by atoms with van der Waals surface area (Å²) < 4.78 is 4.81. The molecule has 1 heterocycles. The summed E-state index contributed by atoms with van der Waals surface area (Å²) >= 11 is 8.86. The lowest BCUT2D eigenvalue weighted by Crippen LogP contribution is -2.49. The average Bonchev–Trinajstić information content (AvgIpc) is 2.59. The van der Waals surface area contributed by atoms with Crippen LogP contribution in [0.2, 0.25) is 0 Å². The number of carbonyl (C=O) groups is 1. The normalized spacial score (nSPS) is 17.9. The maximum absolute atomic E-state index is 11.6. The number of hydrogen-bond acceptors (Lipinski definition) is 5. The van der Waals surface area contributed by atoms with E-state index in [-0.39, 0.29) is 11.2 Å². The maximum Gasteiger partial charge on any atom is 0.320 e. The Kier molecular flexibility index (Phi) is 7.35. The molecule has 1 aromatic rings. The van der Waals surface area contributed by atoms with Crippen LogP contribution in [0.25, 0.3) is 0 Å². The molecule has 1 aliphatic heterocycles. The minimum atomic E-state index is -0.169. The smallest absolute Gasteiger partial charge is 0.320 e. The quantitative estimate of drug-likeness (QED) is 0.376. The van der Waals surface area contributed by atoms with Crippen molar-refractivity contribution in [2.75, 3.05) is 38.2 Å². The van der Waals surface area contributed by atoms with E-state index in [0.717, 1.165) is 29.7 Å². The molecule has 4 nitrogen and oxygen atoms in total. The molecule has 0 aromatic heterocycles. The number of rotatable bonds is 5. The second-order valence-corrected chi connectivity index (χ2v) is 7.59. The minimum Gasteiger partial charge on any atom is -0.468 e. The topological polar surface area (TPSA) is 41.6 Å². The number of nitrogens with one attached hydrogen (secondary N) is 1. The van der Waals surface area contributed by atoms with Crippen LogP contribution in [0.4, 0.5) is 0 Å². The third-order valence-electron chi connectivity index (χ3n) is 3.21. The van der Waals surface area contributed by atoms with E-state index in [9.17, 15) is 4.79 Å². The fraction of sp³-hybridized carbons (Fsp3) is 0.467. The monoisotopic (exact) mass is 356 g/mol. The van der Waals surface area contributed by atoms with Gasteiger partial charge in [-0.1, -0.05) is 18.2 Å². The Balaban J connectivity index is 1.69. The Hall–Kier alpha value is -0.920. The Morgan fingerprint density at radius 3 is 3.00 bits per heavy atom. The van der Waals surface area contributed by atoms with Gasteiger partial charge in [-0.2, -0.15) is 0 Å². The summed E-state index contributed by atoms with van der Waals surface area (Å²) in [5, 5.41) is 3.86. The molecule has 22 heavy (non-hydrogen) atoms. The van der Waals surface area contributed by atoms with Gasteiger partial charge < -0.3 is 15.0 Å². The molecular formula is C15H20N2O2S3. The second-order valence-electron chi connectivity index (χ2n) is 4.72. The number of thiocarbonyl (C=S) groups is 1. The van der Waals surface area contributed by atoms with Crippen molar-refractivity contribution in [3.8, 4) is 0 Å². The molecule has 0 saturated carbocycles. The molecule has 1 N–H and O–H groups in total. The Labute approximate surface area is 145 Å². The van der Waals surface area contributed by atoms with Crippen molar-refractivity contribution >= 4 is 46.8 Å². The summed E-state index contributed by atoms with van der Waals surface area (Å²) in [6.45, 7) is 2.30. The molecule has 0 amide bonds. The number of benzene rings is 1. The Bertz CT molecular complexity index is 499. The summed E-state index contributed by atoms with van der Waals surface area (Å²) in [4.78, 5) is 14.9. The molecule has 0 spiro atoms. The van der Waals surface area contributed by atoms with E-state index in [1.165, 1.54) is 12.0 Å². The van der Waals surface area contributed by atoms with Crippen LogP contribution in [0.5, 0.6) is 0 Å². The maximum atomic E-state index is 11.6. The first-order valence-electron chi connectivity index (χ1n) is 7.11. The van der Waals surface area contributed by atoms with Gasteiger partial charge in [0.05, 0.1) is 7.11 Å². The fourth-order valence-electron chi connectivity index (χ4n) is 2.06. The highest BCUT2D eigenvalue weighted by atomic mass is 32.2. The molecule has 2 rings (SSSR count). The highest BCUT2D eigenvalue weighted by Gasteiger charge is 2.28. The number of thioether (sulfide) groups is 2. The zero-order chi connectivity index (χ0) is 15.8. The summed E-state index contributed by atoms with van der Waals surface area (Å²) in [5.41, 5.74) is 0. The van der Waals surface area contributed by atoms with Crippen LogP contribution < -0.4 is 5.32 Å². The van der Waals surface area contributed by atoms with Gasteiger partial charge in [-0.25, -0.2) is 0 Å². The van der Waals surface area contributed by atoms with Crippen LogP contribution >= 0.6 is 35.7 Å². The van der Waals surface area contributed by atoms with Crippen molar-refractivity contribution in [1.29, 1.82) is 0 Å². The largest absolute Gasteiger partial charge is 0.468 e. The first-order chi connectivity index (χ1) is 10.7. The third kappa shape index (κ3) is 5.37. The Morgan fingerprint density at radius 2 is 2.27 bits per heavy atom. The molecule has 0 aliphatic carbocycles. The van der Waals surface area contributed by atoms with Crippen LogP contribution in [0.3, 0.4) is 0 Å². The van der Waals surface area contributed by atoms with Crippen molar-refractivity contribution < 1.29 is 9.53 Å². The minimum absolute atomic E-state index is 0.141. The standard InChI is InChI=1S/C15H20N2O2S3/c1-19-14(18)13-11-17(8-10-22-13)15(20)16-7-9-21-12-5-3-2-4-6-12/h2-6,13H,7-11H2,1H3,(H,16,20)/t13-/m0/s1. The summed E-state index contributed by atoms with van der Waals surface area (Å²) in [6, 6.07) is 10.3. The lowest BCUT2D eigenvalue weighted by atomic mass is 10.3. The van der Waals surface area contributed by atoms with Crippen molar-refractivity contribution in [3.05, 3.63) is 30.3 Å². The van der Waals surface area contributed by atoms with Crippen LogP contribution in [0.1, 0.15) is 0 Å². The van der Waals surface area contributed by atoms with Gasteiger partial charge in [-0.15, -0.1) is 23.5 Å². The summed E-state index contributed by atoms with van der Waals surface area (Å²) in [6.07, 6.45) is 0. The zero-order valence-corrected chi connectivity index (χ0v) is 14.9. The van der Waals surface area contributed by atoms with Gasteiger partial charge >= 0.3 is 5.97 Å². The van der Waals surface area contributed by atoms with Crippen molar-refractivity contribution in [2.24, 2.45) is 0 Å². The molecule has 1 fully saturated rings. The van der Waals surface area contributed by atoms with Crippen LogP contribution in [0.15, 0.2) is 35.2 Å². The molecular weight excluding hydrogens is 336 g/mol. The van der Waals surface area contributed by atoms with E-state index in [1.54, 1.807) is 23.5 Å². The van der Waals surface area contributed by atoms with E-state index >= 15 is 0 Å². The van der Waals surface area contributed by atoms with Gasteiger partial charge in [0, 0.05) is 36.0 Å². The van der Waals surface area contributed by atoms with Gasteiger partial charge in [0.2, 0.25) is 0 Å². The van der Waals surface area contributed by atoms with Gasteiger partial charge in [-0.3, -0.25) is 4.79 Å². The third-order valence-corrected chi connectivity index (χ3v) is 5.79. The number of methoxy groups -OCH3 is 1. The Morgan fingerprint density at radius 1 is 1.50 bits per heavy atom. The van der Waals surface area contributed by atoms with Crippen LogP contribution in [0, 0.1) is 0 Å². The summed E-state index contributed by atoms with van der Waals surface area (Å²) in [7, 11) is 1.43. The lowest BCUT2D eigenvalue weighted by molar-refractivity contribution is -0.140. The SMILES string of the molecule is COC(=O)[C@@H]1CN(C(=S)NCCSc2ccccc2)CCS1. The molecule has 0 unspecified atom stereocenters. The van der Waals surface area contributed by atoms with E-state index in [4.69, 9.17) is 17.0 Å². The highest BCUT2D eigenvalue weighted by Crippen LogP contribution is 2.20. The average molecular weight is 357 g/mol. The van der Waals surface area contributed by atoms with E-state index in [1.807, 2.05) is 18.2 Å². The summed E-state index contributed by atoms with van der Waals surface area (Å²) in [5.74, 6) is 1.67. The number of ether oxygens (including phenoxy) is 1. The van der Waals surface area contributed by atoms with Crippen LogP contribution in [-0.2, 0) is 9.53 Å². The molecule has 120 valence electrons. The first kappa shape index (κ1) is 17.4. The highest BCUT2D eigenvalue weighted by molar-refractivity contribution is 8.00.